The molecule has 0 aromatic carbocycles. The highest BCUT2D eigenvalue weighted by Gasteiger charge is 2.41. The van der Waals surface area contributed by atoms with E-state index in [0.29, 0.717) is 18.4 Å². The maximum Gasteiger partial charge on any atom is 0.321 e. The smallest absolute Gasteiger partial charge is 0.321 e. The van der Waals surface area contributed by atoms with Crippen molar-refractivity contribution in [3.05, 3.63) is 0 Å². The summed E-state index contributed by atoms with van der Waals surface area (Å²) in [6.45, 7) is 6.21. The Bertz CT molecular complexity index is 334. The van der Waals surface area contributed by atoms with E-state index in [0.717, 1.165) is 32.1 Å². The van der Waals surface area contributed by atoms with Crippen LogP contribution in [0.15, 0.2) is 0 Å². The van der Waals surface area contributed by atoms with E-state index in [1.807, 2.05) is 0 Å². The summed E-state index contributed by atoms with van der Waals surface area (Å²) in [5, 5.41) is 8.08. The molecule has 0 aliphatic carbocycles. The van der Waals surface area contributed by atoms with Gasteiger partial charge in [0, 0.05) is 32.6 Å². The van der Waals surface area contributed by atoms with Crippen LogP contribution in [0, 0.1) is 11.8 Å². The summed E-state index contributed by atoms with van der Waals surface area (Å²) in [5.41, 5.74) is 0. The molecule has 6 heteroatoms. The minimum absolute atomic E-state index is 0.211. The number of nitrogens with zero attached hydrogens (tertiary/aromatic N) is 1. The van der Waals surface area contributed by atoms with E-state index in [2.05, 4.69) is 27.8 Å². The topological polar surface area (TPSA) is 73.5 Å². The monoisotopic (exact) mass is 254 g/mol. The molecular weight excluding hydrogens is 232 g/mol. The van der Waals surface area contributed by atoms with Crippen molar-refractivity contribution in [1.29, 1.82) is 0 Å². The molecule has 2 rings (SSSR count). The number of carbonyl (C=O) groups excluding carboxylic acids is 2. The highest BCUT2D eigenvalue weighted by molar-refractivity contribution is 5.94. The number of rotatable bonds is 3. The van der Waals surface area contributed by atoms with Gasteiger partial charge < -0.3 is 10.6 Å². The molecule has 2 aliphatic heterocycles. The fraction of sp³-hybridized carbons (Fsp3) is 0.833. The van der Waals surface area contributed by atoms with E-state index < -0.39 is 6.03 Å². The first kappa shape index (κ1) is 13.3. The Morgan fingerprint density at radius 3 is 2.83 bits per heavy atom. The van der Waals surface area contributed by atoms with Crippen LogP contribution in [0.5, 0.6) is 0 Å². The van der Waals surface area contributed by atoms with Crippen LogP contribution in [-0.4, -0.2) is 56.1 Å². The van der Waals surface area contributed by atoms with Gasteiger partial charge in [0.15, 0.2) is 0 Å². The first-order valence-electron chi connectivity index (χ1n) is 6.58. The second-order valence-electron chi connectivity index (χ2n) is 5.20. The van der Waals surface area contributed by atoms with E-state index in [1.165, 1.54) is 7.05 Å². The zero-order chi connectivity index (χ0) is 13.1. The van der Waals surface area contributed by atoms with Crippen LogP contribution in [0.2, 0.25) is 0 Å². The molecule has 2 fully saturated rings. The zero-order valence-corrected chi connectivity index (χ0v) is 11.0. The third kappa shape index (κ3) is 2.81. The minimum atomic E-state index is -0.435. The molecule has 0 bridgehead atoms. The Labute approximate surface area is 107 Å². The number of imide groups is 1. The largest absolute Gasteiger partial charge is 0.341 e. The molecular formula is C12H22N4O2. The summed E-state index contributed by atoms with van der Waals surface area (Å²) in [6.07, 6.45) is 0.380. The van der Waals surface area contributed by atoms with Gasteiger partial charge in [-0.15, -0.1) is 0 Å². The zero-order valence-electron chi connectivity index (χ0n) is 11.0. The summed E-state index contributed by atoms with van der Waals surface area (Å²) in [5.74, 6) is 1.23. The molecule has 2 saturated heterocycles. The summed E-state index contributed by atoms with van der Waals surface area (Å²) < 4.78 is 0. The van der Waals surface area contributed by atoms with Gasteiger partial charge in [0.1, 0.15) is 0 Å². The second-order valence-corrected chi connectivity index (χ2v) is 5.20. The van der Waals surface area contributed by atoms with Crippen LogP contribution < -0.4 is 16.0 Å². The molecule has 0 spiro atoms. The standard InChI is InChI=1S/C12H22N4O2/c1-8-10-6-14-5-9(10)7-16(8)4-3-11(17)15-12(18)13-2/h8-10,14H,3-7H2,1-2H3,(H2,13,15,17,18). The summed E-state index contributed by atoms with van der Waals surface area (Å²) >= 11 is 0. The number of hydrogen-bond acceptors (Lipinski definition) is 4. The van der Waals surface area contributed by atoms with E-state index >= 15 is 0 Å². The van der Waals surface area contributed by atoms with E-state index in [-0.39, 0.29) is 5.91 Å². The number of amides is 3. The Morgan fingerprint density at radius 1 is 1.39 bits per heavy atom. The molecule has 3 N–H and O–H groups in total. The van der Waals surface area contributed by atoms with Gasteiger partial charge in [0.2, 0.25) is 5.91 Å². The minimum Gasteiger partial charge on any atom is -0.341 e. The number of carbonyl (C=O) groups is 2. The number of fused-ring (bicyclic) bond motifs is 1. The summed E-state index contributed by atoms with van der Waals surface area (Å²) in [4.78, 5) is 24.8. The van der Waals surface area contributed by atoms with Crippen molar-refractivity contribution in [1.82, 2.24) is 20.9 Å². The molecule has 2 heterocycles. The quantitative estimate of drug-likeness (QED) is 0.627. The van der Waals surface area contributed by atoms with Gasteiger partial charge >= 0.3 is 6.03 Å². The fourth-order valence-corrected chi connectivity index (χ4v) is 3.05. The van der Waals surface area contributed by atoms with Gasteiger partial charge in [-0.05, 0) is 31.8 Å². The predicted octanol–water partition coefficient (Wildman–Crippen LogP) is -0.628. The number of hydrogen-bond donors (Lipinski definition) is 3. The molecule has 0 radical (unpaired) electrons. The van der Waals surface area contributed by atoms with Crippen LogP contribution >= 0.6 is 0 Å². The Morgan fingerprint density at radius 2 is 2.17 bits per heavy atom. The maximum absolute atomic E-state index is 11.5. The normalized spacial score (nSPS) is 31.1. The lowest BCUT2D eigenvalue weighted by Gasteiger charge is -2.23. The van der Waals surface area contributed by atoms with Crippen molar-refractivity contribution in [3.8, 4) is 0 Å². The van der Waals surface area contributed by atoms with Crippen molar-refractivity contribution in [2.75, 3.05) is 33.2 Å². The molecule has 2 aliphatic rings. The van der Waals surface area contributed by atoms with Crippen molar-refractivity contribution in [3.63, 3.8) is 0 Å². The van der Waals surface area contributed by atoms with E-state index in [9.17, 15) is 9.59 Å². The molecule has 0 aromatic rings. The second kappa shape index (κ2) is 5.67. The van der Waals surface area contributed by atoms with Crippen molar-refractivity contribution >= 4 is 11.9 Å². The first-order chi connectivity index (χ1) is 8.61. The van der Waals surface area contributed by atoms with Crippen LogP contribution in [0.25, 0.3) is 0 Å². The Hall–Kier alpha value is -1.14. The van der Waals surface area contributed by atoms with Crippen LogP contribution in [0.1, 0.15) is 13.3 Å². The highest BCUT2D eigenvalue weighted by Crippen LogP contribution is 2.31. The molecule has 102 valence electrons. The number of likely N-dealkylation sites (tertiary alicyclic amines) is 1. The average Bonchev–Trinajstić information content (AvgIpc) is 2.90. The molecule has 3 amide bonds. The molecule has 3 unspecified atom stereocenters. The molecule has 3 atom stereocenters. The molecule has 18 heavy (non-hydrogen) atoms. The molecule has 6 nitrogen and oxygen atoms in total. The van der Waals surface area contributed by atoms with Crippen LogP contribution in [0.3, 0.4) is 0 Å². The van der Waals surface area contributed by atoms with Crippen LogP contribution in [-0.2, 0) is 4.79 Å². The lowest BCUT2D eigenvalue weighted by molar-refractivity contribution is -0.120. The van der Waals surface area contributed by atoms with Gasteiger partial charge in [-0.2, -0.15) is 0 Å². The lowest BCUT2D eigenvalue weighted by atomic mass is 9.95. The molecule has 0 aromatic heterocycles. The fourth-order valence-electron chi connectivity index (χ4n) is 3.05. The first-order valence-corrected chi connectivity index (χ1v) is 6.58. The van der Waals surface area contributed by atoms with E-state index in [4.69, 9.17) is 0 Å². The van der Waals surface area contributed by atoms with Gasteiger partial charge in [-0.25, -0.2) is 4.79 Å². The highest BCUT2D eigenvalue weighted by atomic mass is 16.2. The lowest BCUT2D eigenvalue weighted by Crippen LogP contribution is -2.40. The third-order valence-electron chi connectivity index (χ3n) is 4.16. The Kier molecular flexibility index (Phi) is 4.19. The van der Waals surface area contributed by atoms with Crippen molar-refractivity contribution in [2.45, 2.75) is 19.4 Å². The third-order valence-corrected chi connectivity index (χ3v) is 4.16. The van der Waals surface area contributed by atoms with Gasteiger partial charge in [0.25, 0.3) is 0 Å². The van der Waals surface area contributed by atoms with E-state index in [1.54, 1.807) is 0 Å². The van der Waals surface area contributed by atoms with Crippen molar-refractivity contribution < 1.29 is 9.59 Å². The molecule has 0 saturated carbocycles. The summed E-state index contributed by atoms with van der Waals surface area (Å²) in [7, 11) is 1.50. The summed E-state index contributed by atoms with van der Waals surface area (Å²) in [6, 6.07) is 0.0911. The Balaban J connectivity index is 1.74. The number of urea groups is 1. The van der Waals surface area contributed by atoms with Crippen molar-refractivity contribution in [2.24, 2.45) is 11.8 Å². The van der Waals surface area contributed by atoms with Gasteiger partial charge in [0.05, 0.1) is 0 Å². The number of nitrogens with one attached hydrogen (secondary N) is 3. The van der Waals surface area contributed by atoms with Crippen LogP contribution in [0.4, 0.5) is 4.79 Å². The van der Waals surface area contributed by atoms with Gasteiger partial charge in [-0.1, -0.05) is 0 Å². The van der Waals surface area contributed by atoms with Gasteiger partial charge in [-0.3, -0.25) is 15.0 Å². The maximum atomic E-state index is 11.5. The predicted molar refractivity (Wildman–Crippen MR) is 68.1 cm³/mol. The average molecular weight is 254 g/mol. The SMILES string of the molecule is CNC(=O)NC(=O)CCN1CC2CNCC2C1C.